The van der Waals surface area contributed by atoms with E-state index in [-0.39, 0.29) is 12.1 Å². The van der Waals surface area contributed by atoms with Gasteiger partial charge in [0.25, 0.3) is 0 Å². The van der Waals surface area contributed by atoms with E-state index in [1.165, 1.54) is 11.8 Å². The number of carbonyl (C=O) groups is 1. The third-order valence-electron chi connectivity index (χ3n) is 2.54. The molecule has 0 bridgehead atoms. The van der Waals surface area contributed by atoms with Gasteiger partial charge in [0.1, 0.15) is 0 Å². The molecule has 1 aliphatic rings. The molecule has 1 fully saturated rings. The van der Waals surface area contributed by atoms with Gasteiger partial charge in [-0.15, -0.1) is 0 Å². The fourth-order valence-corrected chi connectivity index (χ4v) is 1.96. The highest BCUT2D eigenvalue weighted by molar-refractivity contribution is 5.84. The summed E-state index contributed by atoms with van der Waals surface area (Å²) in [5.74, 6) is -0.265. The van der Waals surface area contributed by atoms with E-state index in [1.807, 2.05) is 0 Å². The zero-order valence-corrected chi connectivity index (χ0v) is 8.93. The van der Waals surface area contributed by atoms with E-state index < -0.39 is 24.7 Å². The van der Waals surface area contributed by atoms with Crippen molar-refractivity contribution >= 4 is 5.91 Å². The molecule has 0 aromatic rings. The Morgan fingerprint density at radius 3 is 2.33 bits per heavy atom. The molecule has 1 saturated heterocycles. The van der Waals surface area contributed by atoms with Gasteiger partial charge < -0.3 is 4.90 Å². The summed E-state index contributed by atoms with van der Waals surface area (Å²) in [5, 5.41) is 2.89. The molecular weight excluding hydrogens is 209 g/mol. The van der Waals surface area contributed by atoms with Gasteiger partial charge in [-0.25, -0.2) is 0 Å². The van der Waals surface area contributed by atoms with E-state index in [1.54, 1.807) is 13.8 Å². The highest BCUT2D eigenvalue weighted by Gasteiger charge is 2.40. The van der Waals surface area contributed by atoms with Crippen molar-refractivity contribution in [1.82, 2.24) is 10.2 Å². The van der Waals surface area contributed by atoms with Gasteiger partial charge in [0.15, 0.2) is 0 Å². The summed E-state index contributed by atoms with van der Waals surface area (Å²) in [5.41, 5.74) is 0. The second-order valence-electron chi connectivity index (χ2n) is 3.98. The minimum atomic E-state index is -4.23. The van der Waals surface area contributed by atoms with Crippen molar-refractivity contribution in [2.45, 2.75) is 51.6 Å². The maximum Gasteiger partial charge on any atom is 0.391 e. The number of carbonyl (C=O) groups excluding carboxylic acids is 1. The Balaban J connectivity index is 2.67. The fourth-order valence-electron chi connectivity index (χ4n) is 1.96. The summed E-state index contributed by atoms with van der Waals surface area (Å²) < 4.78 is 36.5. The number of amides is 1. The van der Waals surface area contributed by atoms with Gasteiger partial charge >= 0.3 is 6.18 Å². The number of nitrogens with one attached hydrogen (secondary N) is 1. The summed E-state index contributed by atoms with van der Waals surface area (Å²) in [4.78, 5) is 12.8. The Morgan fingerprint density at radius 2 is 2.00 bits per heavy atom. The molecule has 6 heteroatoms. The first-order chi connectivity index (χ1) is 6.72. The SMILES string of the molecule is CC1NC(C)N(C(C)CC(F)(F)F)C1=O. The molecule has 1 heterocycles. The van der Waals surface area contributed by atoms with Gasteiger partial charge in [0.05, 0.1) is 18.6 Å². The number of hydrogen-bond donors (Lipinski definition) is 1. The zero-order valence-electron chi connectivity index (χ0n) is 8.93. The van der Waals surface area contributed by atoms with Crippen LogP contribution in [0.2, 0.25) is 0 Å². The van der Waals surface area contributed by atoms with Crippen molar-refractivity contribution in [2.24, 2.45) is 0 Å². The number of nitrogens with zero attached hydrogens (tertiary/aromatic N) is 1. The van der Waals surface area contributed by atoms with Gasteiger partial charge in [-0.1, -0.05) is 0 Å². The van der Waals surface area contributed by atoms with Crippen molar-refractivity contribution in [2.75, 3.05) is 0 Å². The topological polar surface area (TPSA) is 32.3 Å². The normalized spacial score (nSPS) is 29.7. The number of rotatable bonds is 2. The van der Waals surface area contributed by atoms with Crippen LogP contribution in [-0.2, 0) is 4.79 Å². The van der Waals surface area contributed by atoms with Crippen LogP contribution in [0.25, 0.3) is 0 Å². The van der Waals surface area contributed by atoms with Crippen molar-refractivity contribution in [1.29, 1.82) is 0 Å². The number of halogens is 3. The van der Waals surface area contributed by atoms with Gasteiger partial charge in [-0.2, -0.15) is 13.2 Å². The summed E-state index contributed by atoms with van der Waals surface area (Å²) in [6.07, 6.45) is -5.52. The second kappa shape index (κ2) is 4.00. The molecule has 88 valence electrons. The summed E-state index contributed by atoms with van der Waals surface area (Å²) in [7, 11) is 0. The molecule has 0 aromatic carbocycles. The van der Waals surface area contributed by atoms with Gasteiger partial charge in [0.2, 0.25) is 5.91 Å². The molecule has 1 amide bonds. The molecule has 0 spiro atoms. The lowest BCUT2D eigenvalue weighted by molar-refractivity contribution is -0.152. The largest absolute Gasteiger partial charge is 0.391 e. The first-order valence-corrected chi connectivity index (χ1v) is 4.87. The van der Waals surface area contributed by atoms with Gasteiger partial charge in [0, 0.05) is 6.04 Å². The Hall–Kier alpha value is -0.780. The van der Waals surface area contributed by atoms with Crippen LogP contribution in [0.3, 0.4) is 0 Å². The molecule has 1 N–H and O–H groups in total. The van der Waals surface area contributed by atoms with Crippen LogP contribution in [0.4, 0.5) is 13.2 Å². The van der Waals surface area contributed by atoms with E-state index in [4.69, 9.17) is 0 Å². The molecule has 3 atom stereocenters. The third-order valence-corrected chi connectivity index (χ3v) is 2.54. The van der Waals surface area contributed by atoms with E-state index in [0.717, 1.165) is 0 Å². The van der Waals surface area contributed by atoms with Crippen LogP contribution in [-0.4, -0.2) is 35.2 Å². The summed E-state index contributed by atoms with van der Waals surface area (Å²) in [6.45, 7) is 4.76. The van der Waals surface area contributed by atoms with Crippen LogP contribution in [0.1, 0.15) is 27.2 Å². The lowest BCUT2D eigenvalue weighted by Gasteiger charge is -2.28. The smallest absolute Gasteiger partial charge is 0.323 e. The molecule has 0 aromatic heterocycles. The predicted octanol–water partition coefficient (Wildman–Crippen LogP) is 1.49. The summed E-state index contributed by atoms with van der Waals surface area (Å²) in [6, 6.07) is -1.21. The number of alkyl halides is 3. The zero-order chi connectivity index (χ0) is 11.8. The molecule has 0 aliphatic carbocycles. The van der Waals surface area contributed by atoms with E-state index in [0.29, 0.717) is 0 Å². The highest BCUT2D eigenvalue weighted by atomic mass is 19.4. The average molecular weight is 224 g/mol. The van der Waals surface area contributed by atoms with Crippen LogP contribution in [0.5, 0.6) is 0 Å². The first kappa shape index (κ1) is 12.3. The lowest BCUT2D eigenvalue weighted by Crippen LogP contribution is -2.43. The highest BCUT2D eigenvalue weighted by Crippen LogP contribution is 2.26. The van der Waals surface area contributed by atoms with Crippen molar-refractivity contribution in [3.8, 4) is 0 Å². The van der Waals surface area contributed by atoms with Crippen molar-refractivity contribution < 1.29 is 18.0 Å². The standard InChI is InChI=1S/C9H15F3N2O/c1-5(4-9(10,11)12)14-7(3)13-6(2)8(14)15/h5-7,13H,4H2,1-3H3. The number of hydrogen-bond acceptors (Lipinski definition) is 2. The quantitative estimate of drug-likeness (QED) is 0.770. The molecule has 0 saturated carbocycles. The molecule has 0 radical (unpaired) electrons. The van der Waals surface area contributed by atoms with Crippen LogP contribution < -0.4 is 5.32 Å². The van der Waals surface area contributed by atoms with Crippen LogP contribution in [0.15, 0.2) is 0 Å². The van der Waals surface area contributed by atoms with E-state index in [2.05, 4.69) is 5.32 Å². The predicted molar refractivity (Wildman–Crippen MR) is 49.0 cm³/mol. The average Bonchev–Trinajstić information content (AvgIpc) is 2.22. The Morgan fingerprint density at radius 1 is 1.47 bits per heavy atom. The Labute approximate surface area is 86.6 Å². The Kier molecular flexibility index (Phi) is 3.28. The third kappa shape index (κ3) is 2.84. The van der Waals surface area contributed by atoms with Gasteiger partial charge in [-0.05, 0) is 20.8 Å². The summed E-state index contributed by atoms with van der Waals surface area (Å²) >= 11 is 0. The maximum atomic E-state index is 12.2. The second-order valence-corrected chi connectivity index (χ2v) is 3.98. The maximum absolute atomic E-state index is 12.2. The molecule has 1 aliphatic heterocycles. The Bertz CT molecular complexity index is 254. The minimum absolute atomic E-state index is 0.265. The van der Waals surface area contributed by atoms with E-state index >= 15 is 0 Å². The molecule has 3 nitrogen and oxygen atoms in total. The van der Waals surface area contributed by atoms with Crippen molar-refractivity contribution in [3.05, 3.63) is 0 Å². The van der Waals surface area contributed by atoms with Crippen molar-refractivity contribution in [3.63, 3.8) is 0 Å². The minimum Gasteiger partial charge on any atom is -0.323 e. The molecular formula is C9H15F3N2O. The molecule has 1 rings (SSSR count). The monoisotopic (exact) mass is 224 g/mol. The van der Waals surface area contributed by atoms with Gasteiger partial charge in [-0.3, -0.25) is 10.1 Å². The lowest BCUT2D eigenvalue weighted by atomic mass is 10.2. The van der Waals surface area contributed by atoms with E-state index in [9.17, 15) is 18.0 Å². The molecule has 3 unspecified atom stereocenters. The first-order valence-electron chi connectivity index (χ1n) is 4.87. The fraction of sp³-hybridized carbons (Fsp3) is 0.889. The molecule has 15 heavy (non-hydrogen) atoms. The van der Waals surface area contributed by atoms with Crippen LogP contribution >= 0.6 is 0 Å². The van der Waals surface area contributed by atoms with Crippen LogP contribution in [0, 0.1) is 0 Å².